The van der Waals surface area contributed by atoms with Crippen molar-refractivity contribution in [1.82, 2.24) is 10.2 Å². The fourth-order valence-electron chi connectivity index (χ4n) is 3.83. The first-order valence-electron chi connectivity index (χ1n) is 10.1. The Hall–Kier alpha value is -0.510. The number of rotatable bonds is 6. The van der Waals surface area contributed by atoms with Crippen molar-refractivity contribution in [1.29, 1.82) is 0 Å². The van der Waals surface area contributed by atoms with Crippen molar-refractivity contribution < 1.29 is 9.84 Å². The molecule has 2 fully saturated rings. The number of aryl methyl sites for hydroxylation is 1. The molecule has 0 bridgehead atoms. The minimum atomic E-state index is -0.650. The van der Waals surface area contributed by atoms with Crippen LogP contribution in [0.2, 0.25) is 0 Å². The molecule has 1 saturated heterocycles. The molecule has 7 heteroatoms. The summed E-state index contributed by atoms with van der Waals surface area (Å²) >= 11 is 1.85. The van der Waals surface area contributed by atoms with Gasteiger partial charge in [-0.1, -0.05) is 31.2 Å². The van der Waals surface area contributed by atoms with E-state index in [4.69, 9.17) is 9.73 Å². The van der Waals surface area contributed by atoms with Gasteiger partial charge in [-0.15, -0.1) is 24.0 Å². The summed E-state index contributed by atoms with van der Waals surface area (Å²) in [6, 6.07) is 8.42. The zero-order valence-electron chi connectivity index (χ0n) is 17.2. The first-order valence-corrected chi connectivity index (χ1v) is 11.2. The van der Waals surface area contributed by atoms with E-state index in [1.54, 1.807) is 0 Å². The summed E-state index contributed by atoms with van der Waals surface area (Å²) in [7, 11) is 0. The quantitative estimate of drug-likeness (QED) is 0.342. The number of benzene rings is 1. The summed E-state index contributed by atoms with van der Waals surface area (Å²) in [5.41, 5.74) is 1.85. The van der Waals surface area contributed by atoms with E-state index >= 15 is 0 Å². The van der Waals surface area contributed by atoms with Gasteiger partial charge >= 0.3 is 0 Å². The molecule has 0 amide bonds. The Labute approximate surface area is 190 Å². The van der Waals surface area contributed by atoms with Crippen molar-refractivity contribution in [2.24, 2.45) is 4.99 Å². The summed E-state index contributed by atoms with van der Waals surface area (Å²) in [6.45, 7) is 9.94. The molecule has 1 aliphatic heterocycles. The van der Waals surface area contributed by atoms with Gasteiger partial charge in [-0.05, 0) is 43.6 Å². The summed E-state index contributed by atoms with van der Waals surface area (Å²) in [5.74, 6) is 1.93. The Morgan fingerprint density at radius 2 is 2.18 bits per heavy atom. The van der Waals surface area contributed by atoms with E-state index < -0.39 is 5.60 Å². The summed E-state index contributed by atoms with van der Waals surface area (Å²) in [5, 5.41) is 14.6. The molecule has 1 heterocycles. The predicted octanol–water partition coefficient (Wildman–Crippen LogP) is 3.60. The Bertz CT molecular complexity index is 660. The zero-order valence-corrected chi connectivity index (χ0v) is 20.3. The minimum Gasteiger partial charge on any atom is -0.387 e. The van der Waals surface area contributed by atoms with E-state index in [-0.39, 0.29) is 30.1 Å². The predicted molar refractivity (Wildman–Crippen MR) is 129 cm³/mol. The number of hydrogen-bond acceptors (Lipinski definition) is 4. The van der Waals surface area contributed by atoms with Crippen LogP contribution in [0, 0.1) is 6.92 Å². The van der Waals surface area contributed by atoms with Gasteiger partial charge in [-0.2, -0.15) is 11.8 Å². The highest BCUT2D eigenvalue weighted by Gasteiger charge is 2.45. The lowest BCUT2D eigenvalue weighted by atomic mass is 9.79. The largest absolute Gasteiger partial charge is 0.387 e. The SMILES string of the molecule is CCNC(=NCC1(O)CCC1SCC)N1CCOC(c2ccccc2C)C1.I. The lowest BCUT2D eigenvalue weighted by molar-refractivity contribution is -0.0177. The third-order valence-corrected chi connectivity index (χ3v) is 6.96. The molecule has 1 aromatic carbocycles. The van der Waals surface area contributed by atoms with E-state index in [1.165, 1.54) is 11.1 Å². The highest BCUT2D eigenvalue weighted by molar-refractivity contribution is 14.0. The molecule has 0 spiro atoms. The topological polar surface area (TPSA) is 57.1 Å². The first-order chi connectivity index (χ1) is 13.1. The summed E-state index contributed by atoms with van der Waals surface area (Å²) in [6.07, 6.45) is 2.00. The monoisotopic (exact) mass is 519 g/mol. The summed E-state index contributed by atoms with van der Waals surface area (Å²) < 4.78 is 6.05. The Morgan fingerprint density at radius 1 is 1.39 bits per heavy atom. The molecule has 0 radical (unpaired) electrons. The molecule has 0 aromatic heterocycles. The molecule has 158 valence electrons. The molecule has 5 nitrogen and oxygen atoms in total. The van der Waals surface area contributed by atoms with Gasteiger partial charge in [-0.25, -0.2) is 0 Å². The fourth-order valence-corrected chi connectivity index (χ4v) is 5.02. The standard InChI is InChI=1S/C21H33N3O2S.HI/c1-4-22-20(23-15-21(25)11-10-19(21)27-5-2)24-12-13-26-18(14-24)17-9-7-6-8-16(17)3;/h6-9,18-19,25H,4-5,10-15H2,1-3H3,(H,22,23);1H. The van der Waals surface area contributed by atoms with Gasteiger partial charge in [-0.3, -0.25) is 4.99 Å². The molecule has 3 rings (SSSR count). The molecule has 3 atom stereocenters. The first kappa shape index (κ1) is 23.8. The third-order valence-electron chi connectivity index (χ3n) is 5.55. The second-order valence-corrected chi connectivity index (χ2v) is 8.90. The maximum absolute atomic E-state index is 10.9. The van der Waals surface area contributed by atoms with Gasteiger partial charge in [0.05, 0.1) is 25.3 Å². The molecular formula is C21H34IN3O2S. The van der Waals surface area contributed by atoms with Crippen LogP contribution in [0.4, 0.5) is 0 Å². The number of nitrogens with zero attached hydrogens (tertiary/aromatic N) is 2. The second-order valence-electron chi connectivity index (χ2n) is 7.42. The second kappa shape index (κ2) is 11.0. The summed E-state index contributed by atoms with van der Waals surface area (Å²) in [4.78, 5) is 7.10. The van der Waals surface area contributed by atoms with Crippen molar-refractivity contribution in [3.63, 3.8) is 0 Å². The molecule has 1 saturated carbocycles. The zero-order chi connectivity index (χ0) is 19.3. The molecule has 3 unspecified atom stereocenters. The molecular weight excluding hydrogens is 485 g/mol. The Morgan fingerprint density at radius 3 is 2.82 bits per heavy atom. The van der Waals surface area contributed by atoms with Crippen LogP contribution in [0.25, 0.3) is 0 Å². The molecule has 2 aliphatic rings. The molecule has 1 aliphatic carbocycles. The number of guanidine groups is 1. The maximum Gasteiger partial charge on any atom is 0.194 e. The maximum atomic E-state index is 10.9. The van der Waals surface area contributed by atoms with E-state index in [2.05, 4.69) is 55.3 Å². The van der Waals surface area contributed by atoms with E-state index in [9.17, 15) is 5.11 Å². The Kier molecular flexibility index (Phi) is 9.37. The number of hydrogen-bond donors (Lipinski definition) is 2. The average molecular weight is 519 g/mol. The molecule has 1 aromatic rings. The lowest BCUT2D eigenvalue weighted by Gasteiger charge is -2.44. The normalized spacial score (nSPS) is 27.7. The fraction of sp³-hybridized carbons (Fsp3) is 0.667. The molecule has 28 heavy (non-hydrogen) atoms. The highest BCUT2D eigenvalue weighted by atomic mass is 127. The number of aliphatic hydroxyl groups is 1. The van der Waals surface area contributed by atoms with Crippen LogP contribution in [0.3, 0.4) is 0 Å². The lowest BCUT2D eigenvalue weighted by Crippen LogP contribution is -2.54. The number of nitrogens with one attached hydrogen (secondary N) is 1. The van der Waals surface area contributed by atoms with Crippen molar-refractivity contribution in [3.8, 4) is 0 Å². The van der Waals surface area contributed by atoms with Gasteiger partial charge in [0.2, 0.25) is 0 Å². The number of thioether (sulfide) groups is 1. The van der Waals surface area contributed by atoms with Gasteiger partial charge in [0.15, 0.2) is 5.96 Å². The van der Waals surface area contributed by atoms with E-state index in [0.29, 0.717) is 18.4 Å². The number of ether oxygens (including phenoxy) is 1. The highest BCUT2D eigenvalue weighted by Crippen LogP contribution is 2.41. The average Bonchev–Trinajstić information content (AvgIpc) is 2.68. The third kappa shape index (κ3) is 5.55. The van der Waals surface area contributed by atoms with Crippen LogP contribution in [0.1, 0.15) is 43.9 Å². The van der Waals surface area contributed by atoms with E-state index in [1.807, 2.05) is 11.8 Å². The van der Waals surface area contributed by atoms with E-state index in [0.717, 1.165) is 44.2 Å². The smallest absolute Gasteiger partial charge is 0.194 e. The number of halogens is 1. The van der Waals surface area contributed by atoms with Gasteiger partial charge in [0, 0.05) is 18.3 Å². The number of aliphatic imine (C=N–C) groups is 1. The van der Waals surface area contributed by atoms with Crippen LogP contribution in [0.5, 0.6) is 0 Å². The van der Waals surface area contributed by atoms with Crippen LogP contribution >= 0.6 is 35.7 Å². The van der Waals surface area contributed by atoms with Gasteiger partial charge < -0.3 is 20.1 Å². The van der Waals surface area contributed by atoms with Crippen molar-refractivity contribution >= 4 is 41.7 Å². The van der Waals surface area contributed by atoms with Gasteiger partial charge in [0.1, 0.15) is 6.10 Å². The van der Waals surface area contributed by atoms with Crippen molar-refractivity contribution in [2.75, 3.05) is 38.5 Å². The minimum absolute atomic E-state index is 0. The van der Waals surface area contributed by atoms with Crippen LogP contribution in [0.15, 0.2) is 29.3 Å². The van der Waals surface area contributed by atoms with Crippen LogP contribution in [-0.4, -0.2) is 65.4 Å². The Balaban J connectivity index is 0.00000280. The number of morpholine rings is 1. The van der Waals surface area contributed by atoms with Crippen molar-refractivity contribution in [3.05, 3.63) is 35.4 Å². The van der Waals surface area contributed by atoms with Gasteiger partial charge in [0.25, 0.3) is 0 Å². The molecule has 2 N–H and O–H groups in total. The van der Waals surface area contributed by atoms with Crippen LogP contribution < -0.4 is 5.32 Å². The van der Waals surface area contributed by atoms with Crippen LogP contribution in [-0.2, 0) is 4.74 Å². The van der Waals surface area contributed by atoms with Crippen molar-refractivity contribution in [2.45, 2.75) is 50.6 Å².